The molecule has 2 bridgehead atoms. The van der Waals surface area contributed by atoms with Gasteiger partial charge in [0.05, 0.1) is 13.1 Å². The number of aromatic nitrogens is 2. The summed E-state index contributed by atoms with van der Waals surface area (Å²) >= 11 is 0. The minimum Gasteiger partial charge on any atom is -0.837 e. The van der Waals surface area contributed by atoms with E-state index in [1.807, 2.05) is 60.7 Å². The third-order valence-corrected chi connectivity index (χ3v) is 7.76. The summed E-state index contributed by atoms with van der Waals surface area (Å²) in [5, 5.41) is 18.6. The van der Waals surface area contributed by atoms with Gasteiger partial charge in [0, 0.05) is 24.4 Å². The van der Waals surface area contributed by atoms with Gasteiger partial charge in [0.15, 0.2) is 18.5 Å². The van der Waals surface area contributed by atoms with Crippen LogP contribution in [0, 0.1) is 11.7 Å². The summed E-state index contributed by atoms with van der Waals surface area (Å²) in [7, 11) is 0. The average Bonchev–Trinajstić information content (AvgIpc) is 3.39. The number of hydrogen-bond acceptors (Lipinski definition) is 5. The molecule has 0 N–H and O–H groups in total. The molecule has 184 valence electrons. The van der Waals surface area contributed by atoms with Crippen LogP contribution < -0.4 is 9.84 Å². The highest BCUT2D eigenvalue weighted by molar-refractivity contribution is 5.41. The number of quaternary nitrogens is 1. The molecule has 0 unspecified atom stereocenters. The fraction of sp³-hybridized carbons (Fsp3) is 0.310. The normalized spacial score (nSPS) is 23.5. The van der Waals surface area contributed by atoms with E-state index in [1.165, 1.54) is 12.1 Å². The molecule has 7 rings (SSSR count). The summed E-state index contributed by atoms with van der Waals surface area (Å²) in [5.41, 5.74) is -0.628. The molecule has 7 heteroatoms. The van der Waals surface area contributed by atoms with E-state index in [0.717, 1.165) is 37.0 Å². The molecule has 36 heavy (non-hydrogen) atoms. The Balaban J connectivity index is 1.26. The van der Waals surface area contributed by atoms with Crippen LogP contribution in [0.2, 0.25) is 0 Å². The summed E-state index contributed by atoms with van der Waals surface area (Å²) in [6.45, 7) is 3.39. The van der Waals surface area contributed by atoms with Crippen molar-refractivity contribution in [1.82, 2.24) is 10.1 Å². The Morgan fingerprint density at radius 3 is 2.14 bits per heavy atom. The SMILES string of the molecule is [O-]C(c1ccccc1)(c1ccccc1)c1noc(C[N+]23CCC(CC2)[C@@H](Oc2ccc(F)cc2)C3)n1. The van der Waals surface area contributed by atoms with Crippen molar-refractivity contribution in [2.24, 2.45) is 5.92 Å². The summed E-state index contributed by atoms with van der Waals surface area (Å²) in [4.78, 5) is 4.67. The van der Waals surface area contributed by atoms with E-state index >= 15 is 0 Å². The van der Waals surface area contributed by atoms with Gasteiger partial charge in [0.25, 0.3) is 5.89 Å². The van der Waals surface area contributed by atoms with Crippen LogP contribution in [0.1, 0.15) is 35.7 Å². The largest absolute Gasteiger partial charge is 0.837 e. The van der Waals surface area contributed by atoms with Gasteiger partial charge in [-0.15, -0.1) is 0 Å². The topological polar surface area (TPSA) is 71.2 Å². The van der Waals surface area contributed by atoms with Gasteiger partial charge >= 0.3 is 0 Å². The first-order chi connectivity index (χ1) is 17.5. The van der Waals surface area contributed by atoms with E-state index < -0.39 is 5.60 Å². The summed E-state index contributed by atoms with van der Waals surface area (Å²) in [6.07, 6.45) is 2.14. The number of rotatable bonds is 7. The van der Waals surface area contributed by atoms with Gasteiger partial charge < -0.3 is 18.8 Å². The van der Waals surface area contributed by atoms with Gasteiger partial charge in [-0.25, -0.2) is 4.39 Å². The number of hydrogen-bond donors (Lipinski definition) is 0. The minimum absolute atomic E-state index is 0.0487. The van der Waals surface area contributed by atoms with Crippen molar-refractivity contribution < 1.29 is 23.2 Å². The quantitative estimate of drug-likeness (QED) is 0.370. The molecule has 1 atom stereocenters. The van der Waals surface area contributed by atoms with E-state index in [1.54, 1.807) is 12.1 Å². The van der Waals surface area contributed by atoms with Crippen LogP contribution in [0.3, 0.4) is 0 Å². The van der Waals surface area contributed by atoms with Crippen LogP contribution in [0.4, 0.5) is 4.39 Å². The minimum atomic E-state index is -1.77. The van der Waals surface area contributed by atoms with Crippen molar-refractivity contribution in [2.75, 3.05) is 19.6 Å². The van der Waals surface area contributed by atoms with Gasteiger partial charge in [-0.05, 0) is 35.4 Å². The lowest BCUT2D eigenvalue weighted by Gasteiger charge is -2.51. The molecule has 3 aliphatic heterocycles. The van der Waals surface area contributed by atoms with Crippen LogP contribution in [0.5, 0.6) is 5.75 Å². The first-order valence-electron chi connectivity index (χ1n) is 12.5. The Labute approximate surface area is 209 Å². The summed E-state index contributed by atoms with van der Waals surface area (Å²) < 4.78 is 26.1. The number of nitrogens with zero attached hydrogens (tertiary/aromatic N) is 3. The fourth-order valence-corrected chi connectivity index (χ4v) is 5.78. The number of benzene rings is 3. The molecule has 0 saturated carbocycles. The Kier molecular flexibility index (Phi) is 5.82. The van der Waals surface area contributed by atoms with E-state index in [0.29, 0.717) is 35.2 Å². The first kappa shape index (κ1) is 22.9. The fourth-order valence-electron chi connectivity index (χ4n) is 5.78. The number of fused-ring (bicyclic) bond motifs is 3. The molecule has 0 radical (unpaired) electrons. The average molecular weight is 486 g/mol. The lowest BCUT2D eigenvalue weighted by Crippen LogP contribution is -2.64. The third kappa shape index (κ3) is 4.18. The zero-order valence-electron chi connectivity index (χ0n) is 19.9. The molecule has 4 heterocycles. The molecule has 3 aromatic carbocycles. The standard InChI is InChI=1S/C29H28FN3O3/c30-24-11-13-25(14-12-24)35-26-19-33(17-15-21(26)16-18-33)20-27-31-28(32-36-27)29(34,22-7-3-1-4-8-22)23-9-5-2-6-10-23/h1-14,21,26H,15-20H2/t21?,26-,33?/m0/s1. The Morgan fingerprint density at radius 2 is 1.53 bits per heavy atom. The van der Waals surface area contributed by atoms with Crippen molar-refractivity contribution in [3.63, 3.8) is 0 Å². The predicted molar refractivity (Wildman–Crippen MR) is 129 cm³/mol. The Hall–Kier alpha value is -3.55. The van der Waals surface area contributed by atoms with Crippen molar-refractivity contribution in [3.05, 3.63) is 114 Å². The van der Waals surface area contributed by atoms with Gasteiger partial charge in [-0.1, -0.05) is 65.8 Å². The van der Waals surface area contributed by atoms with Gasteiger partial charge in [0.2, 0.25) is 0 Å². The van der Waals surface area contributed by atoms with Crippen molar-refractivity contribution in [1.29, 1.82) is 0 Å². The van der Waals surface area contributed by atoms with E-state index in [4.69, 9.17) is 9.26 Å². The molecular formula is C29H28FN3O3. The van der Waals surface area contributed by atoms with Crippen molar-refractivity contribution in [2.45, 2.75) is 31.1 Å². The zero-order valence-corrected chi connectivity index (χ0v) is 19.9. The Morgan fingerprint density at radius 1 is 0.917 bits per heavy atom. The van der Waals surface area contributed by atoms with Crippen LogP contribution in [0.25, 0.3) is 0 Å². The second kappa shape index (κ2) is 9.15. The zero-order chi connectivity index (χ0) is 24.6. The molecule has 4 aromatic rings. The van der Waals surface area contributed by atoms with Crippen LogP contribution in [-0.4, -0.2) is 40.4 Å². The van der Waals surface area contributed by atoms with Crippen LogP contribution in [0.15, 0.2) is 89.5 Å². The molecular weight excluding hydrogens is 457 g/mol. The summed E-state index contributed by atoms with van der Waals surface area (Å²) in [6, 6.07) is 24.6. The molecule has 0 aliphatic carbocycles. The second-order valence-corrected chi connectivity index (χ2v) is 10.0. The molecule has 0 spiro atoms. The van der Waals surface area contributed by atoms with E-state index in [2.05, 4.69) is 10.1 Å². The molecule has 0 amide bonds. The van der Waals surface area contributed by atoms with Gasteiger partial charge in [-0.3, -0.25) is 0 Å². The van der Waals surface area contributed by atoms with Crippen molar-refractivity contribution >= 4 is 0 Å². The molecule has 3 fully saturated rings. The van der Waals surface area contributed by atoms with Gasteiger partial charge in [0.1, 0.15) is 18.1 Å². The third-order valence-electron chi connectivity index (χ3n) is 7.76. The summed E-state index contributed by atoms with van der Waals surface area (Å²) in [5.74, 6) is 1.50. The molecule has 3 saturated heterocycles. The first-order valence-corrected chi connectivity index (χ1v) is 12.5. The second-order valence-electron chi connectivity index (χ2n) is 10.0. The number of piperidine rings is 3. The predicted octanol–water partition coefficient (Wildman–Crippen LogP) is 4.05. The van der Waals surface area contributed by atoms with Crippen LogP contribution in [-0.2, 0) is 12.1 Å². The highest BCUT2D eigenvalue weighted by Gasteiger charge is 2.48. The Bertz CT molecular complexity index is 1260. The highest BCUT2D eigenvalue weighted by Crippen LogP contribution is 2.38. The van der Waals surface area contributed by atoms with Gasteiger partial charge in [-0.2, -0.15) is 4.98 Å². The highest BCUT2D eigenvalue weighted by atomic mass is 19.1. The number of ether oxygens (including phenoxy) is 1. The maximum absolute atomic E-state index is 14.4. The smallest absolute Gasteiger partial charge is 0.281 e. The number of halogens is 1. The lowest BCUT2D eigenvalue weighted by molar-refractivity contribution is -0.959. The molecule has 6 nitrogen and oxygen atoms in total. The maximum atomic E-state index is 14.4. The molecule has 1 aromatic heterocycles. The van der Waals surface area contributed by atoms with Crippen LogP contribution >= 0.6 is 0 Å². The van der Waals surface area contributed by atoms with E-state index in [9.17, 15) is 9.50 Å². The van der Waals surface area contributed by atoms with Crippen molar-refractivity contribution in [3.8, 4) is 5.75 Å². The van der Waals surface area contributed by atoms with E-state index in [-0.39, 0.29) is 17.7 Å². The molecule has 3 aliphatic rings. The maximum Gasteiger partial charge on any atom is 0.281 e. The monoisotopic (exact) mass is 485 g/mol. The lowest BCUT2D eigenvalue weighted by atomic mass is 9.83.